The predicted molar refractivity (Wildman–Crippen MR) is 110 cm³/mol. The second-order valence-electron chi connectivity index (χ2n) is 6.94. The van der Waals surface area contributed by atoms with Gasteiger partial charge >= 0.3 is 0 Å². The molecule has 1 aliphatic rings. The maximum absolute atomic E-state index is 12.0. The lowest BCUT2D eigenvalue weighted by atomic mass is 10.1. The summed E-state index contributed by atoms with van der Waals surface area (Å²) in [6.07, 6.45) is 2.05. The molecule has 0 N–H and O–H groups in total. The van der Waals surface area contributed by atoms with Crippen LogP contribution in [0.3, 0.4) is 0 Å². The first kappa shape index (κ1) is 20.0. The molecule has 0 spiro atoms. The Labute approximate surface area is 166 Å². The van der Waals surface area contributed by atoms with E-state index < -0.39 is 10.0 Å². The summed E-state index contributed by atoms with van der Waals surface area (Å²) in [7, 11) is -1.60. The van der Waals surface area contributed by atoms with Gasteiger partial charge in [0.15, 0.2) is 0 Å². The van der Waals surface area contributed by atoms with Crippen LogP contribution < -0.4 is 9.64 Å². The van der Waals surface area contributed by atoms with Gasteiger partial charge in [0, 0.05) is 31.4 Å². The first-order valence-electron chi connectivity index (χ1n) is 8.89. The van der Waals surface area contributed by atoms with E-state index in [1.165, 1.54) is 17.4 Å². The molecule has 2 aromatic rings. The van der Waals surface area contributed by atoms with Crippen molar-refractivity contribution >= 4 is 27.3 Å². The zero-order valence-corrected chi connectivity index (χ0v) is 17.4. The number of nitrogens with zero attached hydrogens (tertiary/aromatic N) is 2. The summed E-state index contributed by atoms with van der Waals surface area (Å²) in [5.74, 6) is 0.625. The molecule has 0 amide bonds. The van der Waals surface area contributed by atoms with Crippen molar-refractivity contribution in [3.05, 3.63) is 58.6 Å². The van der Waals surface area contributed by atoms with Gasteiger partial charge in [-0.25, -0.2) is 12.7 Å². The first-order chi connectivity index (χ1) is 12.8. The fourth-order valence-electron chi connectivity index (χ4n) is 3.50. The van der Waals surface area contributed by atoms with E-state index in [4.69, 9.17) is 16.3 Å². The highest BCUT2D eigenvalue weighted by atomic mass is 35.5. The molecule has 3 rings (SSSR count). The maximum atomic E-state index is 12.0. The monoisotopic (exact) mass is 408 g/mol. The average Bonchev–Trinajstić information content (AvgIpc) is 3.11. The van der Waals surface area contributed by atoms with Gasteiger partial charge in [-0.1, -0.05) is 35.9 Å². The average molecular weight is 409 g/mol. The molecule has 2 aromatic carbocycles. The van der Waals surface area contributed by atoms with Crippen LogP contribution in [0.4, 0.5) is 5.69 Å². The first-order valence-corrected chi connectivity index (χ1v) is 11.1. The van der Waals surface area contributed by atoms with Gasteiger partial charge in [-0.3, -0.25) is 0 Å². The van der Waals surface area contributed by atoms with Crippen molar-refractivity contribution in [1.29, 1.82) is 0 Å². The zero-order valence-electron chi connectivity index (χ0n) is 15.9. The Balaban J connectivity index is 1.94. The summed E-state index contributed by atoms with van der Waals surface area (Å²) in [6.45, 7) is 3.80. The molecule has 1 heterocycles. The van der Waals surface area contributed by atoms with Crippen LogP contribution in [0.25, 0.3) is 0 Å². The molecule has 0 saturated carbocycles. The topological polar surface area (TPSA) is 49.9 Å². The number of ether oxygens (including phenoxy) is 1. The van der Waals surface area contributed by atoms with Gasteiger partial charge in [-0.2, -0.15) is 0 Å². The van der Waals surface area contributed by atoms with E-state index in [1.54, 1.807) is 11.4 Å². The third kappa shape index (κ3) is 4.57. The lowest BCUT2D eigenvalue weighted by Gasteiger charge is -2.32. The molecule has 1 aliphatic heterocycles. The molecule has 1 fully saturated rings. The van der Waals surface area contributed by atoms with Crippen molar-refractivity contribution in [2.24, 2.45) is 0 Å². The molecule has 1 saturated heterocycles. The molecule has 0 bridgehead atoms. The van der Waals surface area contributed by atoms with E-state index in [-0.39, 0.29) is 6.04 Å². The third-order valence-corrected chi connectivity index (χ3v) is 6.67. The molecule has 5 nitrogen and oxygen atoms in total. The van der Waals surface area contributed by atoms with Crippen molar-refractivity contribution in [1.82, 2.24) is 4.31 Å². The predicted octanol–water partition coefficient (Wildman–Crippen LogP) is 3.70. The molecule has 146 valence electrons. The zero-order chi connectivity index (χ0) is 19.6. The molecule has 27 heavy (non-hydrogen) atoms. The number of sulfonamides is 1. The van der Waals surface area contributed by atoms with Crippen molar-refractivity contribution < 1.29 is 13.2 Å². The minimum atomic E-state index is -3.19. The molecular weight excluding hydrogens is 384 g/mol. The van der Waals surface area contributed by atoms with Gasteiger partial charge in [0.2, 0.25) is 10.0 Å². The van der Waals surface area contributed by atoms with Crippen molar-refractivity contribution in [2.75, 3.05) is 31.4 Å². The van der Waals surface area contributed by atoms with E-state index in [1.807, 2.05) is 30.3 Å². The Morgan fingerprint density at radius 3 is 2.59 bits per heavy atom. The third-order valence-electron chi connectivity index (χ3n) is 5.10. The largest absolute Gasteiger partial charge is 0.495 e. The van der Waals surface area contributed by atoms with Crippen molar-refractivity contribution in [3.63, 3.8) is 0 Å². The number of hydrogen-bond acceptors (Lipinski definition) is 4. The van der Waals surface area contributed by atoms with E-state index in [9.17, 15) is 8.42 Å². The Kier molecular flexibility index (Phi) is 5.99. The highest BCUT2D eigenvalue weighted by Gasteiger charge is 2.32. The number of halogens is 1. The van der Waals surface area contributed by atoms with E-state index in [0.29, 0.717) is 30.4 Å². The fourth-order valence-corrected chi connectivity index (χ4v) is 4.63. The quantitative estimate of drug-likeness (QED) is 0.731. The second kappa shape index (κ2) is 8.09. The highest BCUT2D eigenvalue weighted by molar-refractivity contribution is 7.88. The summed E-state index contributed by atoms with van der Waals surface area (Å²) in [5, 5.41) is 0.544. The Morgan fingerprint density at radius 2 is 2.00 bits per heavy atom. The minimum absolute atomic E-state index is 0.0868. The maximum Gasteiger partial charge on any atom is 0.211 e. The molecule has 0 radical (unpaired) electrons. The summed E-state index contributed by atoms with van der Waals surface area (Å²) < 4.78 is 30.7. The van der Waals surface area contributed by atoms with Gasteiger partial charge in [0.1, 0.15) is 5.75 Å². The van der Waals surface area contributed by atoms with Crippen LogP contribution in [0.15, 0.2) is 42.5 Å². The lowest BCUT2D eigenvalue weighted by Crippen LogP contribution is -2.38. The summed E-state index contributed by atoms with van der Waals surface area (Å²) >= 11 is 6.36. The summed E-state index contributed by atoms with van der Waals surface area (Å²) in [4.78, 5) is 2.25. The van der Waals surface area contributed by atoms with Gasteiger partial charge in [-0.15, -0.1) is 0 Å². The fraction of sp³-hybridized carbons (Fsp3) is 0.400. The Morgan fingerprint density at radius 1 is 1.26 bits per heavy atom. The summed E-state index contributed by atoms with van der Waals surface area (Å²) in [6, 6.07) is 14.1. The molecule has 1 unspecified atom stereocenters. The number of rotatable bonds is 6. The molecule has 1 atom stereocenters. The van der Waals surface area contributed by atoms with Gasteiger partial charge in [-0.05, 0) is 42.7 Å². The SMILES string of the molecule is COc1ccc(N(Cc2ccccc2C)C2CCN(S(C)(=O)=O)C2)cc1Cl. The summed E-state index contributed by atoms with van der Waals surface area (Å²) in [5.41, 5.74) is 3.38. The molecular formula is C20H25ClN2O3S. The number of hydrogen-bond donors (Lipinski definition) is 0. The van der Waals surface area contributed by atoms with Crippen molar-refractivity contribution in [2.45, 2.75) is 25.9 Å². The smallest absolute Gasteiger partial charge is 0.211 e. The van der Waals surface area contributed by atoms with Crippen molar-refractivity contribution in [3.8, 4) is 5.75 Å². The van der Waals surface area contributed by atoms with Crippen LogP contribution in [0, 0.1) is 6.92 Å². The molecule has 7 heteroatoms. The number of methoxy groups -OCH3 is 1. The number of benzene rings is 2. The Hall–Kier alpha value is -1.76. The van der Waals surface area contributed by atoms with E-state index >= 15 is 0 Å². The van der Waals surface area contributed by atoms with Gasteiger partial charge < -0.3 is 9.64 Å². The highest BCUT2D eigenvalue weighted by Crippen LogP contribution is 2.33. The number of aryl methyl sites for hydroxylation is 1. The lowest BCUT2D eigenvalue weighted by molar-refractivity contribution is 0.415. The van der Waals surface area contributed by atoms with Gasteiger partial charge in [0.25, 0.3) is 0 Å². The van der Waals surface area contributed by atoms with Crippen LogP contribution in [-0.4, -0.2) is 45.2 Å². The van der Waals surface area contributed by atoms with E-state index in [2.05, 4.69) is 24.0 Å². The molecule has 0 aliphatic carbocycles. The van der Waals surface area contributed by atoms with E-state index in [0.717, 1.165) is 12.1 Å². The minimum Gasteiger partial charge on any atom is -0.495 e. The van der Waals surface area contributed by atoms with Crippen LogP contribution in [0.5, 0.6) is 5.75 Å². The van der Waals surface area contributed by atoms with Gasteiger partial charge in [0.05, 0.1) is 18.4 Å². The van der Waals surface area contributed by atoms with Crippen LogP contribution >= 0.6 is 11.6 Å². The standard InChI is InChI=1S/C20H25ClN2O3S/c1-15-6-4-5-7-16(15)13-23(17-8-9-20(26-2)19(21)12-17)18-10-11-22(14-18)27(3,24)25/h4-9,12,18H,10-11,13-14H2,1-3H3. The van der Waals surface area contributed by atoms with Crippen LogP contribution in [0.1, 0.15) is 17.5 Å². The normalized spacial score (nSPS) is 17.9. The second-order valence-corrected chi connectivity index (χ2v) is 9.33. The number of anilines is 1. The van der Waals surface area contributed by atoms with Crippen LogP contribution in [-0.2, 0) is 16.6 Å². The van der Waals surface area contributed by atoms with Crippen LogP contribution in [0.2, 0.25) is 5.02 Å². The molecule has 0 aromatic heterocycles. The Bertz CT molecular complexity index is 917.